The second kappa shape index (κ2) is 6.60. The Kier molecular flexibility index (Phi) is 4.97. The molecule has 0 heterocycles. The third kappa shape index (κ3) is 4.24. The molecule has 0 bridgehead atoms. The molecule has 0 aromatic heterocycles. The van der Waals surface area contributed by atoms with E-state index < -0.39 is 10.0 Å². The van der Waals surface area contributed by atoms with E-state index in [-0.39, 0.29) is 16.6 Å². The highest BCUT2D eigenvalue weighted by Crippen LogP contribution is 2.28. The fourth-order valence-electron chi connectivity index (χ4n) is 2.00. The highest BCUT2D eigenvalue weighted by molar-refractivity contribution is 7.92. The molecule has 2 rings (SSSR count). The Morgan fingerprint density at radius 2 is 1.87 bits per heavy atom. The van der Waals surface area contributed by atoms with Crippen LogP contribution in [0.15, 0.2) is 42.5 Å². The summed E-state index contributed by atoms with van der Waals surface area (Å²) in [5.74, 6) is -0.338. The van der Waals surface area contributed by atoms with E-state index in [1.807, 2.05) is 25.1 Å². The molecule has 0 aliphatic carbocycles. The van der Waals surface area contributed by atoms with Crippen LogP contribution in [0.3, 0.4) is 0 Å². The zero-order valence-electron chi connectivity index (χ0n) is 13.0. The van der Waals surface area contributed by atoms with Crippen LogP contribution in [0.2, 0.25) is 5.02 Å². The first-order chi connectivity index (χ1) is 10.7. The topological polar surface area (TPSA) is 66.5 Å². The van der Waals surface area contributed by atoms with E-state index >= 15 is 0 Å². The smallest absolute Gasteiger partial charge is 0.255 e. The van der Waals surface area contributed by atoms with Crippen LogP contribution in [0, 0.1) is 6.92 Å². The second-order valence-corrected chi connectivity index (χ2v) is 7.64. The molecule has 0 saturated carbocycles. The fourth-order valence-corrected chi connectivity index (χ4v) is 2.80. The zero-order chi connectivity index (χ0) is 17.2. The van der Waals surface area contributed by atoms with Gasteiger partial charge in [-0.25, -0.2) is 8.42 Å². The Labute approximate surface area is 140 Å². The number of hydrogen-bond acceptors (Lipinski definition) is 3. The molecule has 2 aromatic carbocycles. The van der Waals surface area contributed by atoms with Crippen LogP contribution in [-0.4, -0.2) is 27.6 Å². The summed E-state index contributed by atoms with van der Waals surface area (Å²) in [5, 5.41) is 3.03. The van der Waals surface area contributed by atoms with Gasteiger partial charge in [0.25, 0.3) is 5.91 Å². The van der Waals surface area contributed by atoms with E-state index in [0.29, 0.717) is 11.3 Å². The summed E-state index contributed by atoms with van der Waals surface area (Å²) in [4.78, 5) is 12.3. The van der Waals surface area contributed by atoms with E-state index in [0.717, 1.165) is 16.1 Å². The van der Waals surface area contributed by atoms with E-state index in [1.165, 1.54) is 19.2 Å². The van der Waals surface area contributed by atoms with Gasteiger partial charge >= 0.3 is 0 Å². The third-order valence-electron chi connectivity index (χ3n) is 3.32. The van der Waals surface area contributed by atoms with Crippen molar-refractivity contribution in [2.75, 3.05) is 22.9 Å². The molecule has 1 N–H and O–H groups in total. The van der Waals surface area contributed by atoms with Crippen molar-refractivity contribution in [1.82, 2.24) is 0 Å². The molecule has 0 aliphatic rings. The average Bonchev–Trinajstić information content (AvgIpc) is 2.46. The Bertz CT molecular complexity index is 850. The first kappa shape index (κ1) is 17.3. The molecule has 1 amide bonds. The molecule has 0 saturated heterocycles. The van der Waals surface area contributed by atoms with Crippen molar-refractivity contribution in [2.45, 2.75) is 6.92 Å². The van der Waals surface area contributed by atoms with Gasteiger partial charge in [0.05, 0.1) is 17.0 Å². The molecule has 0 spiro atoms. The van der Waals surface area contributed by atoms with E-state index in [9.17, 15) is 13.2 Å². The molecule has 5 nitrogen and oxygen atoms in total. The Morgan fingerprint density at radius 3 is 2.48 bits per heavy atom. The molecular weight excluding hydrogens is 336 g/mol. The number of sulfonamides is 1. The highest BCUT2D eigenvalue weighted by atomic mass is 35.5. The molecule has 0 radical (unpaired) electrons. The number of nitrogens with one attached hydrogen (secondary N) is 1. The normalized spacial score (nSPS) is 11.1. The molecule has 0 unspecified atom stereocenters. The number of benzene rings is 2. The largest absolute Gasteiger partial charge is 0.322 e. The van der Waals surface area contributed by atoms with Gasteiger partial charge in [-0.3, -0.25) is 9.10 Å². The minimum absolute atomic E-state index is 0.255. The summed E-state index contributed by atoms with van der Waals surface area (Å²) in [7, 11) is -2.08. The lowest BCUT2D eigenvalue weighted by Crippen LogP contribution is -2.25. The first-order valence-electron chi connectivity index (χ1n) is 6.80. The van der Waals surface area contributed by atoms with Gasteiger partial charge in [-0.15, -0.1) is 0 Å². The van der Waals surface area contributed by atoms with Gasteiger partial charge in [0, 0.05) is 18.3 Å². The summed E-state index contributed by atoms with van der Waals surface area (Å²) in [6, 6.07) is 11.9. The average molecular weight is 353 g/mol. The molecule has 0 atom stereocenters. The van der Waals surface area contributed by atoms with Gasteiger partial charge in [0.15, 0.2) is 0 Å². The van der Waals surface area contributed by atoms with Crippen molar-refractivity contribution >= 4 is 38.9 Å². The van der Waals surface area contributed by atoms with E-state index in [4.69, 9.17) is 11.6 Å². The quantitative estimate of drug-likeness (QED) is 0.918. The second-order valence-electron chi connectivity index (χ2n) is 5.22. The monoisotopic (exact) mass is 352 g/mol. The predicted octanol–water partition coefficient (Wildman–Crippen LogP) is 3.30. The zero-order valence-corrected chi connectivity index (χ0v) is 14.6. The lowest BCUT2D eigenvalue weighted by Gasteiger charge is -2.18. The van der Waals surface area contributed by atoms with E-state index in [2.05, 4.69) is 5.32 Å². The summed E-state index contributed by atoms with van der Waals surface area (Å²) in [6.45, 7) is 1.93. The molecule has 0 fully saturated rings. The summed E-state index contributed by atoms with van der Waals surface area (Å²) in [5.41, 5.74) is 2.27. The minimum atomic E-state index is -3.47. The number of anilines is 2. The third-order valence-corrected chi connectivity index (χ3v) is 4.83. The minimum Gasteiger partial charge on any atom is -0.322 e. The van der Waals surface area contributed by atoms with Gasteiger partial charge in [-0.1, -0.05) is 23.7 Å². The SMILES string of the molecule is Cc1cccc(NC(=O)c2ccc(Cl)c(N(C)S(C)(=O)=O)c2)c1. The van der Waals surface area contributed by atoms with Gasteiger partial charge < -0.3 is 5.32 Å². The number of carbonyl (C=O) groups excluding carboxylic acids is 1. The number of rotatable bonds is 4. The Morgan fingerprint density at radius 1 is 1.17 bits per heavy atom. The van der Waals surface area contributed by atoms with E-state index in [1.54, 1.807) is 12.1 Å². The maximum Gasteiger partial charge on any atom is 0.255 e. The van der Waals surface area contributed by atoms with Crippen molar-refractivity contribution in [3.8, 4) is 0 Å². The van der Waals surface area contributed by atoms with Crippen molar-refractivity contribution in [2.24, 2.45) is 0 Å². The number of hydrogen-bond donors (Lipinski definition) is 1. The molecule has 122 valence electrons. The van der Waals surface area contributed by atoms with Crippen LogP contribution in [-0.2, 0) is 10.0 Å². The number of amides is 1. The first-order valence-corrected chi connectivity index (χ1v) is 9.02. The van der Waals surface area contributed by atoms with Gasteiger partial charge in [0.1, 0.15) is 0 Å². The Hall–Kier alpha value is -2.05. The molecular formula is C16H17ClN2O3S. The van der Waals surface area contributed by atoms with Crippen molar-refractivity contribution in [3.05, 3.63) is 58.6 Å². The van der Waals surface area contributed by atoms with Crippen LogP contribution in [0.4, 0.5) is 11.4 Å². The summed E-state index contributed by atoms with van der Waals surface area (Å²) < 4.78 is 24.4. The van der Waals surface area contributed by atoms with Crippen LogP contribution >= 0.6 is 11.6 Å². The predicted molar refractivity (Wildman–Crippen MR) is 93.8 cm³/mol. The summed E-state index contributed by atoms with van der Waals surface area (Å²) >= 11 is 6.04. The van der Waals surface area contributed by atoms with Crippen molar-refractivity contribution in [1.29, 1.82) is 0 Å². The summed E-state index contributed by atoms with van der Waals surface area (Å²) in [6.07, 6.45) is 1.07. The molecule has 23 heavy (non-hydrogen) atoms. The Balaban J connectivity index is 2.32. The van der Waals surface area contributed by atoms with Crippen molar-refractivity contribution in [3.63, 3.8) is 0 Å². The highest BCUT2D eigenvalue weighted by Gasteiger charge is 2.17. The maximum atomic E-state index is 12.3. The molecule has 2 aromatic rings. The van der Waals surface area contributed by atoms with Crippen LogP contribution in [0.5, 0.6) is 0 Å². The number of nitrogens with zero attached hydrogens (tertiary/aromatic N) is 1. The maximum absolute atomic E-state index is 12.3. The van der Waals surface area contributed by atoms with Gasteiger partial charge in [-0.05, 0) is 42.8 Å². The number of halogens is 1. The van der Waals surface area contributed by atoms with Crippen molar-refractivity contribution < 1.29 is 13.2 Å². The lowest BCUT2D eigenvalue weighted by atomic mass is 10.1. The van der Waals surface area contributed by atoms with Crippen LogP contribution < -0.4 is 9.62 Å². The molecule has 0 aliphatic heterocycles. The van der Waals surface area contributed by atoms with Crippen LogP contribution in [0.1, 0.15) is 15.9 Å². The van der Waals surface area contributed by atoms with Gasteiger partial charge in [0.2, 0.25) is 10.0 Å². The fraction of sp³-hybridized carbons (Fsp3) is 0.188. The number of aryl methyl sites for hydroxylation is 1. The van der Waals surface area contributed by atoms with Crippen LogP contribution in [0.25, 0.3) is 0 Å². The lowest BCUT2D eigenvalue weighted by molar-refractivity contribution is 0.102. The van der Waals surface area contributed by atoms with Gasteiger partial charge in [-0.2, -0.15) is 0 Å². The molecule has 7 heteroatoms. The number of carbonyl (C=O) groups is 1. The standard InChI is InChI=1S/C16H17ClN2O3S/c1-11-5-4-6-13(9-11)18-16(20)12-7-8-14(17)15(10-12)19(2)23(3,21)22/h4-10H,1-3H3,(H,18,20).